The number of nitrogens with one attached hydrogen (secondary N) is 2. The molecule has 0 bridgehead atoms. The molecule has 0 radical (unpaired) electrons. The third kappa shape index (κ3) is 3.88. The maximum absolute atomic E-state index is 12.8. The summed E-state index contributed by atoms with van der Waals surface area (Å²) >= 11 is 1.37. The molecule has 1 aliphatic rings. The molecule has 3 rings (SSSR count). The minimum Gasteiger partial charge on any atom is -0.336 e. The highest BCUT2D eigenvalue weighted by atomic mass is 32.1. The number of aryl methyl sites for hydroxylation is 1. The van der Waals surface area contributed by atoms with Crippen molar-refractivity contribution in [1.29, 1.82) is 0 Å². The molecular formula is C16H17FN4O2S. The number of carbonyl (C=O) groups is 2. The van der Waals surface area contributed by atoms with Gasteiger partial charge in [-0.05, 0) is 37.6 Å². The molecule has 2 aromatic rings. The summed E-state index contributed by atoms with van der Waals surface area (Å²) < 4.78 is 12.8. The van der Waals surface area contributed by atoms with Crippen LogP contribution >= 0.6 is 11.3 Å². The van der Waals surface area contributed by atoms with Gasteiger partial charge in [0, 0.05) is 24.8 Å². The highest BCUT2D eigenvalue weighted by Gasteiger charge is 2.28. The highest BCUT2D eigenvalue weighted by Crippen LogP contribution is 2.18. The van der Waals surface area contributed by atoms with Gasteiger partial charge in [0.2, 0.25) is 0 Å². The third-order valence-electron chi connectivity index (χ3n) is 3.74. The van der Waals surface area contributed by atoms with Crippen molar-refractivity contribution in [3.63, 3.8) is 0 Å². The maximum Gasteiger partial charge on any atom is 0.319 e. The Hall–Kier alpha value is -2.48. The van der Waals surface area contributed by atoms with E-state index in [1.165, 1.54) is 35.6 Å². The second-order valence-corrected chi connectivity index (χ2v) is 6.82. The molecule has 1 aliphatic heterocycles. The number of aromatic nitrogens is 1. The fourth-order valence-corrected chi connectivity index (χ4v) is 3.31. The van der Waals surface area contributed by atoms with Crippen LogP contribution in [-0.4, -0.2) is 41.0 Å². The summed E-state index contributed by atoms with van der Waals surface area (Å²) in [6, 6.07) is 5.07. The quantitative estimate of drug-likeness (QED) is 0.895. The van der Waals surface area contributed by atoms with E-state index in [0.717, 1.165) is 5.01 Å². The summed E-state index contributed by atoms with van der Waals surface area (Å²) in [5, 5.41) is 6.33. The molecule has 24 heavy (non-hydrogen) atoms. The lowest BCUT2D eigenvalue weighted by atomic mass is 10.3. The first-order chi connectivity index (χ1) is 11.5. The molecular weight excluding hydrogens is 331 g/mol. The van der Waals surface area contributed by atoms with Crippen LogP contribution in [0.3, 0.4) is 0 Å². The lowest BCUT2D eigenvalue weighted by Crippen LogP contribution is -2.40. The number of urea groups is 1. The Morgan fingerprint density at radius 2 is 2.08 bits per heavy atom. The van der Waals surface area contributed by atoms with Gasteiger partial charge in [-0.1, -0.05) is 0 Å². The summed E-state index contributed by atoms with van der Waals surface area (Å²) in [7, 11) is 0. The van der Waals surface area contributed by atoms with Crippen LogP contribution in [0.1, 0.15) is 21.1 Å². The molecule has 3 amide bonds. The molecule has 6 nitrogen and oxygen atoms in total. The first-order valence-electron chi connectivity index (χ1n) is 7.56. The number of nitrogens with zero attached hydrogens (tertiary/aromatic N) is 2. The standard InChI is InChI=1S/C16H17FN4O2S/c1-10-18-8-14(24-10)15(22)21-7-6-13(9-21)20-16(23)19-12-4-2-11(17)3-5-12/h2-5,8,13H,6-7,9H2,1H3,(H2,19,20,23)/t13-/m1/s1. The summed E-state index contributed by atoms with van der Waals surface area (Å²) in [5.74, 6) is -0.409. The van der Waals surface area contributed by atoms with E-state index < -0.39 is 0 Å². The Morgan fingerprint density at radius 3 is 2.75 bits per heavy atom. The molecule has 0 saturated carbocycles. The van der Waals surface area contributed by atoms with E-state index in [0.29, 0.717) is 30.1 Å². The van der Waals surface area contributed by atoms with Crippen molar-refractivity contribution in [1.82, 2.24) is 15.2 Å². The molecule has 2 heterocycles. The molecule has 0 aliphatic carbocycles. The molecule has 1 fully saturated rings. The maximum atomic E-state index is 12.8. The number of anilines is 1. The number of amides is 3. The molecule has 1 saturated heterocycles. The van der Waals surface area contributed by atoms with Crippen molar-refractivity contribution < 1.29 is 14.0 Å². The molecule has 1 atom stereocenters. The van der Waals surface area contributed by atoms with Crippen molar-refractivity contribution >= 4 is 29.0 Å². The normalized spacial score (nSPS) is 16.9. The van der Waals surface area contributed by atoms with E-state index in [1.807, 2.05) is 6.92 Å². The predicted molar refractivity (Wildman–Crippen MR) is 89.7 cm³/mol. The van der Waals surface area contributed by atoms with Gasteiger partial charge in [0.1, 0.15) is 10.7 Å². The van der Waals surface area contributed by atoms with Crippen LogP contribution in [0.2, 0.25) is 0 Å². The molecule has 1 aromatic carbocycles. The van der Waals surface area contributed by atoms with E-state index in [-0.39, 0.29) is 23.8 Å². The van der Waals surface area contributed by atoms with E-state index >= 15 is 0 Å². The van der Waals surface area contributed by atoms with Crippen molar-refractivity contribution in [2.45, 2.75) is 19.4 Å². The van der Waals surface area contributed by atoms with Gasteiger partial charge < -0.3 is 15.5 Å². The Morgan fingerprint density at radius 1 is 1.33 bits per heavy atom. The molecule has 1 aromatic heterocycles. The van der Waals surface area contributed by atoms with Crippen LogP contribution in [0, 0.1) is 12.7 Å². The molecule has 8 heteroatoms. The average molecular weight is 348 g/mol. The molecule has 0 spiro atoms. The van der Waals surface area contributed by atoms with Crippen LogP contribution in [0.25, 0.3) is 0 Å². The van der Waals surface area contributed by atoms with Crippen LogP contribution in [0.4, 0.5) is 14.9 Å². The van der Waals surface area contributed by atoms with Gasteiger partial charge in [-0.15, -0.1) is 11.3 Å². The van der Waals surface area contributed by atoms with Crippen molar-refractivity contribution in [2.24, 2.45) is 0 Å². The van der Waals surface area contributed by atoms with Gasteiger partial charge in [0.25, 0.3) is 5.91 Å². The Kier molecular flexibility index (Phi) is 4.75. The van der Waals surface area contributed by atoms with Gasteiger partial charge >= 0.3 is 6.03 Å². The highest BCUT2D eigenvalue weighted by molar-refractivity contribution is 7.13. The third-order valence-corrected chi connectivity index (χ3v) is 4.65. The van der Waals surface area contributed by atoms with E-state index in [1.54, 1.807) is 11.1 Å². The number of rotatable bonds is 3. The zero-order valence-electron chi connectivity index (χ0n) is 13.1. The largest absolute Gasteiger partial charge is 0.336 e. The van der Waals surface area contributed by atoms with E-state index in [4.69, 9.17) is 0 Å². The smallest absolute Gasteiger partial charge is 0.319 e. The van der Waals surface area contributed by atoms with Crippen LogP contribution in [-0.2, 0) is 0 Å². The second-order valence-electron chi connectivity index (χ2n) is 5.59. The SMILES string of the molecule is Cc1ncc(C(=O)N2CC[C@@H](NC(=O)Nc3ccc(F)cc3)C2)s1. The van der Waals surface area contributed by atoms with Gasteiger partial charge in [0.15, 0.2) is 0 Å². The fourth-order valence-electron chi connectivity index (χ4n) is 2.56. The number of likely N-dealkylation sites (tertiary alicyclic amines) is 1. The predicted octanol–water partition coefficient (Wildman–Crippen LogP) is 2.63. The van der Waals surface area contributed by atoms with Crippen molar-refractivity contribution in [2.75, 3.05) is 18.4 Å². The minimum absolute atomic E-state index is 0.0520. The number of hydrogen-bond acceptors (Lipinski definition) is 4. The fraction of sp³-hybridized carbons (Fsp3) is 0.312. The summed E-state index contributed by atoms with van der Waals surface area (Å²) in [6.07, 6.45) is 2.28. The van der Waals surface area contributed by atoms with Crippen molar-refractivity contribution in [3.8, 4) is 0 Å². The molecule has 2 N–H and O–H groups in total. The first kappa shape index (κ1) is 16.4. The van der Waals surface area contributed by atoms with Crippen molar-refractivity contribution in [3.05, 3.63) is 46.2 Å². The minimum atomic E-state index is -0.366. The summed E-state index contributed by atoms with van der Waals surface area (Å²) in [6.45, 7) is 2.92. The first-order valence-corrected chi connectivity index (χ1v) is 8.38. The Balaban J connectivity index is 1.51. The number of thiazole rings is 1. The van der Waals surface area contributed by atoms with E-state index in [9.17, 15) is 14.0 Å². The molecule has 126 valence electrons. The van der Waals surface area contributed by atoms with Gasteiger partial charge in [-0.2, -0.15) is 0 Å². The van der Waals surface area contributed by atoms with Gasteiger partial charge in [0.05, 0.1) is 11.2 Å². The zero-order valence-corrected chi connectivity index (χ0v) is 13.9. The monoisotopic (exact) mass is 348 g/mol. The lowest BCUT2D eigenvalue weighted by molar-refractivity contribution is 0.0794. The zero-order chi connectivity index (χ0) is 17.1. The lowest BCUT2D eigenvalue weighted by Gasteiger charge is -2.16. The topological polar surface area (TPSA) is 74.3 Å². The summed E-state index contributed by atoms with van der Waals surface area (Å²) in [5.41, 5.74) is 0.514. The Labute approximate surface area is 142 Å². The van der Waals surface area contributed by atoms with Crippen LogP contribution in [0.5, 0.6) is 0 Å². The van der Waals surface area contributed by atoms with Crippen LogP contribution < -0.4 is 10.6 Å². The number of benzene rings is 1. The average Bonchev–Trinajstić information content (AvgIpc) is 3.18. The van der Waals surface area contributed by atoms with E-state index in [2.05, 4.69) is 15.6 Å². The van der Waals surface area contributed by atoms with Gasteiger partial charge in [-0.25, -0.2) is 14.2 Å². The number of hydrogen-bond donors (Lipinski definition) is 2. The molecule has 0 unspecified atom stereocenters. The number of carbonyl (C=O) groups excluding carboxylic acids is 2. The summed E-state index contributed by atoms with van der Waals surface area (Å²) in [4.78, 5) is 30.7. The Bertz CT molecular complexity index is 747. The number of halogens is 1. The van der Waals surface area contributed by atoms with Gasteiger partial charge in [-0.3, -0.25) is 4.79 Å². The van der Waals surface area contributed by atoms with Crippen LogP contribution in [0.15, 0.2) is 30.5 Å². The second kappa shape index (κ2) is 6.96.